The Kier molecular flexibility index (Phi) is 3.09. The van der Waals surface area contributed by atoms with Crippen LogP contribution < -0.4 is 0 Å². The van der Waals surface area contributed by atoms with Gasteiger partial charge in [0, 0.05) is 7.11 Å². The van der Waals surface area contributed by atoms with E-state index in [0.717, 1.165) is 11.0 Å². The van der Waals surface area contributed by atoms with Crippen LogP contribution in [0, 0.1) is 6.92 Å². The van der Waals surface area contributed by atoms with Crippen molar-refractivity contribution in [3.8, 4) is 0 Å². The molecule has 0 spiro atoms. The van der Waals surface area contributed by atoms with E-state index in [-0.39, 0.29) is 6.61 Å². The van der Waals surface area contributed by atoms with Crippen LogP contribution in [0.1, 0.15) is 12.7 Å². The highest BCUT2D eigenvalue weighted by Crippen LogP contribution is 2.26. The second-order valence-electron chi connectivity index (χ2n) is 4.50. The summed E-state index contributed by atoms with van der Waals surface area (Å²) in [7, 11) is 1.50. The largest absolute Gasteiger partial charge is 0.479 e. The van der Waals surface area contributed by atoms with E-state index < -0.39 is 11.5 Å². The van der Waals surface area contributed by atoms with Gasteiger partial charge in [0.15, 0.2) is 5.54 Å². The van der Waals surface area contributed by atoms with Gasteiger partial charge in [0.1, 0.15) is 5.82 Å². The number of aromatic nitrogens is 2. The zero-order chi connectivity index (χ0) is 13.3. The highest BCUT2D eigenvalue weighted by Gasteiger charge is 2.37. The fourth-order valence-corrected chi connectivity index (χ4v) is 2.27. The summed E-state index contributed by atoms with van der Waals surface area (Å²) >= 11 is 0. The predicted octanol–water partition coefficient (Wildman–Crippen LogP) is 1.79. The average Bonchev–Trinajstić information content (AvgIpc) is 2.65. The van der Waals surface area contributed by atoms with Gasteiger partial charge in [-0.15, -0.1) is 0 Å². The molecule has 0 bridgehead atoms. The highest BCUT2D eigenvalue weighted by molar-refractivity contribution is 5.82. The number of rotatable bonds is 4. The molecule has 0 saturated carbocycles. The van der Waals surface area contributed by atoms with Gasteiger partial charge < -0.3 is 14.4 Å². The Hall–Kier alpha value is -1.88. The first-order valence-electron chi connectivity index (χ1n) is 5.67. The molecule has 1 heterocycles. The van der Waals surface area contributed by atoms with Gasteiger partial charge in [-0.2, -0.15) is 0 Å². The first-order valence-corrected chi connectivity index (χ1v) is 5.67. The topological polar surface area (TPSA) is 64.3 Å². The van der Waals surface area contributed by atoms with Crippen LogP contribution in [-0.2, 0) is 15.1 Å². The zero-order valence-corrected chi connectivity index (χ0v) is 10.7. The molecule has 0 radical (unpaired) electrons. The van der Waals surface area contributed by atoms with Gasteiger partial charge in [0.05, 0.1) is 17.6 Å². The molecule has 2 rings (SSSR count). The highest BCUT2D eigenvalue weighted by atomic mass is 16.5. The number of carboxylic acid groups (broad SMARTS) is 1. The van der Waals surface area contributed by atoms with Crippen molar-refractivity contribution < 1.29 is 14.6 Å². The lowest BCUT2D eigenvalue weighted by Crippen LogP contribution is -2.43. The van der Waals surface area contributed by atoms with E-state index in [2.05, 4.69) is 4.98 Å². The summed E-state index contributed by atoms with van der Waals surface area (Å²) in [4.78, 5) is 16.0. The predicted molar refractivity (Wildman–Crippen MR) is 67.6 cm³/mol. The molecule has 1 aromatic carbocycles. The summed E-state index contributed by atoms with van der Waals surface area (Å²) in [5.74, 6) is -0.270. The lowest BCUT2D eigenvalue weighted by atomic mass is 10.0. The van der Waals surface area contributed by atoms with Crippen LogP contribution in [0.25, 0.3) is 11.0 Å². The quantitative estimate of drug-likeness (QED) is 0.896. The number of carbonyl (C=O) groups is 1. The van der Waals surface area contributed by atoms with Crippen LogP contribution in [0.4, 0.5) is 0 Å². The summed E-state index contributed by atoms with van der Waals surface area (Å²) < 4.78 is 6.78. The van der Waals surface area contributed by atoms with Crippen molar-refractivity contribution in [2.75, 3.05) is 13.7 Å². The van der Waals surface area contributed by atoms with Gasteiger partial charge >= 0.3 is 5.97 Å². The number of hydrogen-bond acceptors (Lipinski definition) is 3. The van der Waals surface area contributed by atoms with Gasteiger partial charge in [-0.05, 0) is 26.0 Å². The maximum atomic E-state index is 11.6. The summed E-state index contributed by atoms with van der Waals surface area (Å²) in [5.41, 5.74) is 0.435. The number of methoxy groups -OCH3 is 1. The SMILES string of the molecule is COCC(C)(C(=O)O)n1c(C)nc2ccccc21. The van der Waals surface area contributed by atoms with Crippen molar-refractivity contribution in [1.82, 2.24) is 9.55 Å². The molecular weight excluding hydrogens is 232 g/mol. The first kappa shape index (κ1) is 12.6. The Morgan fingerprint density at radius 1 is 1.50 bits per heavy atom. The van der Waals surface area contributed by atoms with Crippen molar-refractivity contribution in [2.45, 2.75) is 19.4 Å². The maximum absolute atomic E-state index is 11.6. The van der Waals surface area contributed by atoms with Crippen molar-refractivity contribution in [3.63, 3.8) is 0 Å². The van der Waals surface area contributed by atoms with Gasteiger partial charge in [-0.25, -0.2) is 9.78 Å². The van der Waals surface area contributed by atoms with E-state index in [4.69, 9.17) is 4.74 Å². The number of para-hydroxylation sites is 2. The number of aliphatic carboxylic acids is 1. The fraction of sp³-hybridized carbons (Fsp3) is 0.385. The van der Waals surface area contributed by atoms with Crippen molar-refractivity contribution in [3.05, 3.63) is 30.1 Å². The summed E-state index contributed by atoms with van der Waals surface area (Å²) in [6, 6.07) is 7.49. The Labute approximate surface area is 105 Å². The third kappa shape index (κ3) is 1.76. The Balaban J connectivity index is 2.71. The summed E-state index contributed by atoms with van der Waals surface area (Å²) in [6.45, 7) is 3.53. The molecule has 1 N–H and O–H groups in total. The minimum atomic E-state index is -1.16. The van der Waals surface area contributed by atoms with Crippen molar-refractivity contribution in [2.24, 2.45) is 0 Å². The van der Waals surface area contributed by atoms with E-state index in [0.29, 0.717) is 5.82 Å². The average molecular weight is 248 g/mol. The van der Waals surface area contributed by atoms with Gasteiger partial charge in [0.25, 0.3) is 0 Å². The molecule has 1 aromatic heterocycles. The molecule has 1 atom stereocenters. The van der Waals surface area contributed by atoms with E-state index >= 15 is 0 Å². The minimum absolute atomic E-state index is 0.0868. The van der Waals surface area contributed by atoms with Crippen LogP contribution in [0.5, 0.6) is 0 Å². The number of nitrogens with zero attached hydrogens (tertiary/aromatic N) is 2. The van der Waals surface area contributed by atoms with Crippen LogP contribution in [0.3, 0.4) is 0 Å². The second kappa shape index (κ2) is 4.42. The molecule has 2 aromatic rings. The molecule has 0 aliphatic carbocycles. The molecule has 1 unspecified atom stereocenters. The smallest absolute Gasteiger partial charge is 0.332 e. The van der Waals surface area contributed by atoms with Crippen LogP contribution >= 0.6 is 0 Å². The minimum Gasteiger partial charge on any atom is -0.479 e. The summed E-state index contributed by atoms with van der Waals surface area (Å²) in [5, 5.41) is 9.49. The number of aryl methyl sites for hydroxylation is 1. The van der Waals surface area contributed by atoms with Gasteiger partial charge in [-0.3, -0.25) is 0 Å². The Morgan fingerprint density at radius 3 is 2.78 bits per heavy atom. The molecule has 0 aliphatic rings. The molecule has 5 heteroatoms. The van der Waals surface area contributed by atoms with Crippen molar-refractivity contribution in [1.29, 1.82) is 0 Å². The number of imidazole rings is 1. The number of carboxylic acids is 1. The second-order valence-corrected chi connectivity index (χ2v) is 4.50. The third-order valence-electron chi connectivity index (χ3n) is 3.11. The normalized spacial score (nSPS) is 14.6. The van der Waals surface area contributed by atoms with Gasteiger partial charge in [-0.1, -0.05) is 12.1 Å². The lowest BCUT2D eigenvalue weighted by Gasteiger charge is -2.27. The Morgan fingerprint density at radius 2 is 2.17 bits per heavy atom. The zero-order valence-electron chi connectivity index (χ0n) is 10.7. The Bertz CT molecular complexity index is 591. The first-order chi connectivity index (χ1) is 8.50. The molecule has 5 nitrogen and oxygen atoms in total. The maximum Gasteiger partial charge on any atom is 0.332 e. The molecule has 18 heavy (non-hydrogen) atoms. The van der Waals surface area contributed by atoms with Crippen molar-refractivity contribution >= 4 is 17.0 Å². The summed E-state index contributed by atoms with van der Waals surface area (Å²) in [6.07, 6.45) is 0. The lowest BCUT2D eigenvalue weighted by molar-refractivity contribution is -0.149. The molecule has 0 saturated heterocycles. The monoisotopic (exact) mass is 248 g/mol. The number of benzene rings is 1. The van der Waals surface area contributed by atoms with Crippen LogP contribution in [0.2, 0.25) is 0 Å². The molecular formula is C13H16N2O3. The molecule has 0 amide bonds. The number of fused-ring (bicyclic) bond motifs is 1. The molecule has 0 fully saturated rings. The van der Waals surface area contributed by atoms with E-state index in [1.807, 2.05) is 24.3 Å². The molecule has 0 aliphatic heterocycles. The molecule has 96 valence electrons. The van der Waals surface area contributed by atoms with Gasteiger partial charge in [0.2, 0.25) is 0 Å². The van der Waals surface area contributed by atoms with E-state index in [1.165, 1.54) is 7.11 Å². The third-order valence-corrected chi connectivity index (χ3v) is 3.11. The van der Waals surface area contributed by atoms with E-state index in [9.17, 15) is 9.90 Å². The van der Waals surface area contributed by atoms with E-state index in [1.54, 1.807) is 18.4 Å². The fourth-order valence-electron chi connectivity index (χ4n) is 2.27. The van der Waals surface area contributed by atoms with Crippen LogP contribution in [0.15, 0.2) is 24.3 Å². The number of ether oxygens (including phenoxy) is 1. The standard InChI is InChI=1S/C13H16N2O3/c1-9-14-10-6-4-5-7-11(10)15(9)13(2,8-18-3)12(16)17/h4-7H,8H2,1-3H3,(H,16,17). The van der Waals surface area contributed by atoms with Crippen LogP contribution in [-0.4, -0.2) is 34.3 Å². The number of hydrogen-bond donors (Lipinski definition) is 1.